The summed E-state index contributed by atoms with van der Waals surface area (Å²) in [6.07, 6.45) is 1.42. The molecule has 0 aliphatic heterocycles. The molecule has 5 N–H and O–H groups in total. The molecule has 1 unspecified atom stereocenters. The van der Waals surface area contributed by atoms with Gasteiger partial charge in [-0.15, -0.1) is 0 Å². The number of imidazole rings is 1. The van der Waals surface area contributed by atoms with Gasteiger partial charge in [-0.3, -0.25) is 19.1 Å². The van der Waals surface area contributed by atoms with E-state index in [1.165, 1.54) is 17.8 Å². The lowest BCUT2D eigenvalue weighted by Gasteiger charge is -2.08. The molecule has 0 spiro atoms. The third-order valence-electron chi connectivity index (χ3n) is 2.57. The van der Waals surface area contributed by atoms with Crippen LogP contribution in [0.3, 0.4) is 0 Å². The van der Waals surface area contributed by atoms with Gasteiger partial charge in [0.15, 0.2) is 11.2 Å². The summed E-state index contributed by atoms with van der Waals surface area (Å²) >= 11 is 0. The SMILES string of the molecule is CC(N)C(=O)OCCOCn1cnc2c(=O)[nH]c(N)nc21.S. The Hall–Kier alpha value is -2.11. The monoisotopic (exact) mass is 330 g/mol. The van der Waals surface area contributed by atoms with E-state index >= 15 is 0 Å². The number of nitrogens with zero attached hydrogens (tertiary/aromatic N) is 3. The molecule has 2 rings (SSSR count). The second-order valence-electron chi connectivity index (χ2n) is 4.33. The van der Waals surface area contributed by atoms with Gasteiger partial charge >= 0.3 is 5.97 Å². The first-order valence-corrected chi connectivity index (χ1v) is 6.19. The van der Waals surface area contributed by atoms with E-state index in [2.05, 4.69) is 15.0 Å². The Morgan fingerprint density at radius 2 is 2.23 bits per heavy atom. The van der Waals surface area contributed by atoms with Crippen molar-refractivity contribution in [3.63, 3.8) is 0 Å². The van der Waals surface area contributed by atoms with Crippen molar-refractivity contribution >= 4 is 36.6 Å². The lowest BCUT2D eigenvalue weighted by molar-refractivity contribution is -0.146. The van der Waals surface area contributed by atoms with E-state index in [9.17, 15) is 9.59 Å². The van der Waals surface area contributed by atoms with Crippen LogP contribution in [0.1, 0.15) is 6.92 Å². The molecule has 0 amide bonds. The van der Waals surface area contributed by atoms with E-state index in [1.54, 1.807) is 0 Å². The Kier molecular flexibility index (Phi) is 6.34. The number of nitrogens with two attached hydrogens (primary N) is 2. The summed E-state index contributed by atoms with van der Waals surface area (Å²) in [5, 5.41) is 0. The quantitative estimate of drug-likeness (QED) is 0.436. The number of aromatic amines is 1. The molecule has 122 valence electrons. The summed E-state index contributed by atoms with van der Waals surface area (Å²) in [6.45, 7) is 1.90. The van der Waals surface area contributed by atoms with E-state index in [0.29, 0.717) is 5.65 Å². The standard InChI is InChI=1S/C11H16N6O4.H2S/c1-6(12)10(19)21-3-2-20-5-17-4-14-7-8(17)15-11(13)16-9(7)18;/h4,6H,2-3,5,12H2,1H3,(H3,13,15,16,18);1H2. The number of carbonyl (C=O) groups is 1. The first-order chi connectivity index (χ1) is 9.99. The first-order valence-electron chi connectivity index (χ1n) is 6.19. The zero-order valence-corrected chi connectivity index (χ0v) is 12.9. The van der Waals surface area contributed by atoms with Crippen LogP contribution in [0, 0.1) is 0 Å². The number of esters is 1. The highest BCUT2D eigenvalue weighted by Gasteiger charge is 2.10. The summed E-state index contributed by atoms with van der Waals surface area (Å²) in [5.74, 6) is -0.493. The first kappa shape index (κ1) is 17.9. The summed E-state index contributed by atoms with van der Waals surface area (Å²) in [6, 6.07) is -0.665. The molecule has 2 aromatic heterocycles. The van der Waals surface area contributed by atoms with Crippen molar-refractivity contribution in [1.82, 2.24) is 19.5 Å². The van der Waals surface area contributed by atoms with Crippen LogP contribution in [-0.2, 0) is 21.0 Å². The number of fused-ring (bicyclic) bond motifs is 1. The molecule has 0 aromatic carbocycles. The maximum atomic E-state index is 11.6. The molecule has 11 heteroatoms. The predicted octanol–water partition coefficient (Wildman–Crippen LogP) is -1.32. The Labute approximate surface area is 132 Å². The van der Waals surface area contributed by atoms with Crippen LogP contribution in [0.4, 0.5) is 5.95 Å². The van der Waals surface area contributed by atoms with Crippen LogP contribution in [-0.4, -0.2) is 44.7 Å². The van der Waals surface area contributed by atoms with E-state index < -0.39 is 17.6 Å². The van der Waals surface area contributed by atoms with Gasteiger partial charge in [0.2, 0.25) is 5.95 Å². The Morgan fingerprint density at radius 1 is 1.50 bits per heavy atom. The minimum absolute atomic E-state index is 0. The van der Waals surface area contributed by atoms with E-state index in [4.69, 9.17) is 20.9 Å². The van der Waals surface area contributed by atoms with Crippen molar-refractivity contribution in [2.45, 2.75) is 19.7 Å². The molecule has 0 saturated heterocycles. The average Bonchev–Trinajstić information content (AvgIpc) is 2.81. The number of anilines is 1. The molecule has 2 heterocycles. The lowest BCUT2D eigenvalue weighted by atomic mass is 10.4. The van der Waals surface area contributed by atoms with Gasteiger partial charge in [0, 0.05) is 0 Å². The number of rotatable bonds is 6. The molecule has 0 saturated carbocycles. The number of H-pyrrole nitrogens is 1. The molecular formula is C11H18N6O4S. The van der Waals surface area contributed by atoms with Crippen LogP contribution in [0.5, 0.6) is 0 Å². The van der Waals surface area contributed by atoms with Crippen LogP contribution in [0.25, 0.3) is 11.2 Å². The predicted molar refractivity (Wildman–Crippen MR) is 83.5 cm³/mol. The zero-order chi connectivity index (χ0) is 15.4. The number of hydrogen-bond donors (Lipinski definition) is 3. The van der Waals surface area contributed by atoms with Crippen LogP contribution in [0.2, 0.25) is 0 Å². The molecule has 0 aliphatic rings. The van der Waals surface area contributed by atoms with Gasteiger partial charge < -0.3 is 20.9 Å². The maximum Gasteiger partial charge on any atom is 0.322 e. The molecule has 2 aromatic rings. The van der Waals surface area contributed by atoms with Crippen LogP contribution >= 0.6 is 13.5 Å². The molecule has 1 atom stereocenters. The third-order valence-corrected chi connectivity index (χ3v) is 2.57. The molecular weight excluding hydrogens is 312 g/mol. The van der Waals surface area contributed by atoms with Gasteiger partial charge in [-0.2, -0.15) is 18.5 Å². The summed E-state index contributed by atoms with van der Waals surface area (Å²) in [7, 11) is 0. The smallest absolute Gasteiger partial charge is 0.322 e. The molecule has 0 aliphatic carbocycles. The highest BCUT2D eigenvalue weighted by atomic mass is 32.1. The normalized spacial score (nSPS) is 11.9. The summed E-state index contributed by atoms with van der Waals surface area (Å²) in [4.78, 5) is 32.9. The van der Waals surface area contributed by atoms with Crippen LogP contribution < -0.4 is 17.0 Å². The van der Waals surface area contributed by atoms with Crippen molar-refractivity contribution in [2.24, 2.45) is 5.73 Å². The fourth-order valence-electron chi connectivity index (χ4n) is 1.56. The van der Waals surface area contributed by atoms with Crippen molar-refractivity contribution in [3.8, 4) is 0 Å². The van der Waals surface area contributed by atoms with Crippen molar-refractivity contribution < 1.29 is 14.3 Å². The molecule has 0 radical (unpaired) electrons. The highest BCUT2D eigenvalue weighted by molar-refractivity contribution is 7.59. The van der Waals surface area contributed by atoms with Crippen molar-refractivity contribution in [2.75, 3.05) is 18.9 Å². The summed E-state index contributed by atoms with van der Waals surface area (Å²) < 4.78 is 11.7. The van der Waals surface area contributed by atoms with Gasteiger partial charge in [-0.25, -0.2) is 4.98 Å². The Morgan fingerprint density at radius 3 is 2.91 bits per heavy atom. The Balaban J connectivity index is 0.00000242. The minimum atomic E-state index is -0.665. The van der Waals surface area contributed by atoms with Gasteiger partial charge in [-0.1, -0.05) is 0 Å². The third kappa shape index (κ3) is 4.19. The number of hydrogen-bond acceptors (Lipinski definition) is 8. The molecule has 0 bridgehead atoms. The summed E-state index contributed by atoms with van der Waals surface area (Å²) in [5.41, 5.74) is 10.9. The number of aromatic nitrogens is 4. The van der Waals surface area contributed by atoms with Gasteiger partial charge in [0.05, 0.1) is 12.9 Å². The topological polar surface area (TPSA) is 151 Å². The largest absolute Gasteiger partial charge is 0.462 e. The fourth-order valence-corrected chi connectivity index (χ4v) is 1.56. The molecule has 0 fully saturated rings. The van der Waals surface area contributed by atoms with E-state index in [-0.39, 0.29) is 44.9 Å². The number of carbonyl (C=O) groups excluding carboxylic acids is 1. The number of nitrogens with one attached hydrogen (secondary N) is 1. The highest BCUT2D eigenvalue weighted by Crippen LogP contribution is 2.06. The fraction of sp³-hybridized carbons (Fsp3) is 0.455. The van der Waals surface area contributed by atoms with Crippen LogP contribution in [0.15, 0.2) is 11.1 Å². The van der Waals surface area contributed by atoms with Gasteiger partial charge in [0.1, 0.15) is 19.4 Å². The number of ether oxygens (including phenoxy) is 2. The average molecular weight is 330 g/mol. The number of nitrogen functional groups attached to an aromatic ring is 1. The van der Waals surface area contributed by atoms with Gasteiger partial charge in [-0.05, 0) is 6.92 Å². The minimum Gasteiger partial charge on any atom is -0.462 e. The second-order valence-corrected chi connectivity index (χ2v) is 4.33. The molecule has 10 nitrogen and oxygen atoms in total. The van der Waals surface area contributed by atoms with E-state index in [0.717, 1.165) is 0 Å². The molecule has 22 heavy (non-hydrogen) atoms. The zero-order valence-electron chi connectivity index (χ0n) is 11.9. The maximum absolute atomic E-state index is 11.6. The van der Waals surface area contributed by atoms with E-state index in [1.807, 2.05) is 0 Å². The lowest BCUT2D eigenvalue weighted by Crippen LogP contribution is -2.29. The second kappa shape index (κ2) is 7.77. The van der Waals surface area contributed by atoms with Crippen molar-refractivity contribution in [1.29, 1.82) is 0 Å². The Bertz CT molecular complexity index is 697. The van der Waals surface area contributed by atoms with Gasteiger partial charge in [0.25, 0.3) is 5.56 Å². The van der Waals surface area contributed by atoms with Crippen molar-refractivity contribution in [3.05, 3.63) is 16.7 Å².